The third-order valence-corrected chi connectivity index (χ3v) is 6.31. The Balaban J connectivity index is 1.63. The summed E-state index contributed by atoms with van der Waals surface area (Å²) in [5.41, 5.74) is 0.647. The summed E-state index contributed by atoms with van der Waals surface area (Å²) in [7, 11) is 0. The highest BCUT2D eigenvalue weighted by molar-refractivity contribution is 5.71. The molecule has 0 radical (unpaired) electrons. The van der Waals surface area contributed by atoms with Crippen molar-refractivity contribution in [2.45, 2.75) is 70.4 Å². The Morgan fingerprint density at radius 2 is 1.86 bits per heavy atom. The highest BCUT2D eigenvalue weighted by Gasteiger charge is 2.43. The molecular formula is C17H29NO3. The van der Waals surface area contributed by atoms with E-state index in [1.807, 2.05) is 0 Å². The van der Waals surface area contributed by atoms with Crippen LogP contribution in [0.3, 0.4) is 0 Å². The van der Waals surface area contributed by atoms with Gasteiger partial charge in [-0.05, 0) is 50.5 Å². The molecule has 1 heterocycles. The van der Waals surface area contributed by atoms with Crippen LogP contribution in [0.5, 0.6) is 0 Å². The molecule has 21 heavy (non-hydrogen) atoms. The summed E-state index contributed by atoms with van der Waals surface area (Å²) >= 11 is 0. The van der Waals surface area contributed by atoms with Gasteiger partial charge in [-0.1, -0.05) is 19.8 Å². The third-order valence-electron chi connectivity index (χ3n) is 6.31. The lowest BCUT2D eigenvalue weighted by molar-refractivity contribution is -0.143. The molecule has 2 saturated carbocycles. The van der Waals surface area contributed by atoms with Gasteiger partial charge in [0.15, 0.2) is 0 Å². The van der Waals surface area contributed by atoms with Gasteiger partial charge < -0.3 is 9.84 Å². The quantitative estimate of drug-likeness (QED) is 0.866. The molecule has 3 aliphatic rings. The van der Waals surface area contributed by atoms with Crippen LogP contribution in [0.25, 0.3) is 0 Å². The van der Waals surface area contributed by atoms with E-state index in [0.717, 1.165) is 6.54 Å². The van der Waals surface area contributed by atoms with Gasteiger partial charge in [0.05, 0.1) is 19.1 Å². The topological polar surface area (TPSA) is 49.8 Å². The van der Waals surface area contributed by atoms with Crippen LogP contribution in [-0.2, 0) is 9.53 Å². The number of hydrogen-bond acceptors (Lipinski definition) is 3. The van der Waals surface area contributed by atoms with Gasteiger partial charge in [0.25, 0.3) is 0 Å². The van der Waals surface area contributed by atoms with Crippen LogP contribution in [0.15, 0.2) is 0 Å². The van der Waals surface area contributed by atoms with E-state index in [1.165, 1.54) is 51.4 Å². The van der Waals surface area contributed by atoms with Crippen molar-refractivity contribution in [2.24, 2.45) is 11.3 Å². The average molecular weight is 295 g/mol. The predicted octanol–water partition coefficient (Wildman–Crippen LogP) is 2.91. The Hall–Kier alpha value is -0.610. The van der Waals surface area contributed by atoms with Crippen LogP contribution in [0.4, 0.5) is 0 Å². The zero-order chi connectivity index (χ0) is 14.9. The van der Waals surface area contributed by atoms with Gasteiger partial charge in [-0.25, -0.2) is 0 Å². The van der Waals surface area contributed by atoms with E-state index >= 15 is 0 Å². The molecule has 1 N–H and O–H groups in total. The number of aliphatic carboxylic acids is 1. The molecule has 4 nitrogen and oxygen atoms in total. The molecule has 0 aromatic heterocycles. The van der Waals surface area contributed by atoms with E-state index < -0.39 is 5.97 Å². The van der Waals surface area contributed by atoms with Crippen LogP contribution in [0, 0.1) is 11.3 Å². The van der Waals surface area contributed by atoms with Gasteiger partial charge in [-0.3, -0.25) is 9.69 Å². The number of ether oxygens (including phenoxy) is 1. The second kappa shape index (κ2) is 6.25. The fourth-order valence-electron chi connectivity index (χ4n) is 5.04. The Kier molecular flexibility index (Phi) is 4.55. The summed E-state index contributed by atoms with van der Waals surface area (Å²) in [4.78, 5) is 13.9. The lowest BCUT2D eigenvalue weighted by Crippen LogP contribution is -2.50. The van der Waals surface area contributed by atoms with Crippen LogP contribution in [-0.4, -0.2) is 47.8 Å². The zero-order valence-electron chi connectivity index (χ0n) is 13.2. The molecule has 2 unspecified atom stereocenters. The number of hydrogen-bond donors (Lipinski definition) is 1. The van der Waals surface area contributed by atoms with Crippen molar-refractivity contribution in [2.75, 3.05) is 19.8 Å². The van der Waals surface area contributed by atoms with Crippen molar-refractivity contribution in [3.63, 3.8) is 0 Å². The SMILES string of the molecule is CCN(C1CCC2(CCCC2)CC1)C1COCC1C(=O)O. The molecule has 0 aromatic rings. The fourth-order valence-corrected chi connectivity index (χ4v) is 5.04. The highest BCUT2D eigenvalue weighted by Crippen LogP contribution is 2.49. The number of likely N-dealkylation sites (N-methyl/N-ethyl adjacent to an activating group) is 1. The Bertz CT molecular complexity index is 368. The third kappa shape index (κ3) is 2.98. The summed E-state index contributed by atoms with van der Waals surface area (Å²) in [6.07, 6.45) is 10.9. The van der Waals surface area contributed by atoms with Crippen molar-refractivity contribution < 1.29 is 14.6 Å². The molecule has 1 saturated heterocycles. The lowest BCUT2D eigenvalue weighted by atomic mass is 9.71. The van der Waals surface area contributed by atoms with Gasteiger partial charge in [-0.2, -0.15) is 0 Å². The second-order valence-corrected chi connectivity index (χ2v) is 7.32. The molecule has 3 rings (SSSR count). The largest absolute Gasteiger partial charge is 0.481 e. The number of carboxylic acid groups (broad SMARTS) is 1. The first kappa shape index (κ1) is 15.3. The average Bonchev–Trinajstić information content (AvgIpc) is 3.12. The van der Waals surface area contributed by atoms with Gasteiger partial charge in [-0.15, -0.1) is 0 Å². The van der Waals surface area contributed by atoms with Crippen molar-refractivity contribution in [3.05, 3.63) is 0 Å². The van der Waals surface area contributed by atoms with Crippen molar-refractivity contribution in [1.82, 2.24) is 4.90 Å². The van der Waals surface area contributed by atoms with Crippen molar-refractivity contribution >= 4 is 5.97 Å². The number of nitrogens with zero attached hydrogens (tertiary/aromatic N) is 1. The van der Waals surface area contributed by atoms with E-state index in [9.17, 15) is 9.90 Å². The molecule has 0 aromatic carbocycles. The first-order valence-electron chi connectivity index (χ1n) is 8.71. The first-order valence-corrected chi connectivity index (χ1v) is 8.71. The summed E-state index contributed by atoms with van der Waals surface area (Å²) in [6.45, 7) is 4.08. The molecule has 4 heteroatoms. The number of carbonyl (C=O) groups is 1. The van der Waals surface area contributed by atoms with E-state index in [0.29, 0.717) is 24.7 Å². The van der Waals surface area contributed by atoms with Crippen LogP contribution < -0.4 is 0 Å². The maximum absolute atomic E-state index is 11.4. The minimum atomic E-state index is -0.695. The van der Waals surface area contributed by atoms with Crippen molar-refractivity contribution in [1.29, 1.82) is 0 Å². The Morgan fingerprint density at radius 3 is 2.43 bits per heavy atom. The zero-order valence-corrected chi connectivity index (χ0v) is 13.2. The van der Waals surface area contributed by atoms with Gasteiger partial charge >= 0.3 is 5.97 Å². The summed E-state index contributed by atoms with van der Waals surface area (Å²) in [5, 5.41) is 9.39. The van der Waals surface area contributed by atoms with E-state index in [2.05, 4.69) is 11.8 Å². The predicted molar refractivity (Wildman–Crippen MR) is 81.3 cm³/mol. The number of rotatable bonds is 4. The van der Waals surface area contributed by atoms with Crippen LogP contribution >= 0.6 is 0 Å². The normalized spacial score (nSPS) is 33.0. The second-order valence-electron chi connectivity index (χ2n) is 7.32. The van der Waals surface area contributed by atoms with Crippen molar-refractivity contribution in [3.8, 4) is 0 Å². The minimum absolute atomic E-state index is 0.0788. The summed E-state index contributed by atoms with van der Waals surface area (Å²) in [6, 6.07) is 0.643. The molecule has 120 valence electrons. The molecule has 2 atom stereocenters. The molecule has 1 spiro atoms. The molecule has 3 fully saturated rings. The molecule has 2 aliphatic carbocycles. The summed E-state index contributed by atoms with van der Waals surface area (Å²) < 4.78 is 5.48. The lowest BCUT2D eigenvalue weighted by Gasteiger charge is -2.44. The van der Waals surface area contributed by atoms with Crippen LogP contribution in [0.2, 0.25) is 0 Å². The van der Waals surface area contributed by atoms with E-state index in [-0.39, 0.29) is 12.0 Å². The maximum atomic E-state index is 11.4. The molecule has 0 bridgehead atoms. The van der Waals surface area contributed by atoms with Gasteiger partial charge in [0, 0.05) is 12.1 Å². The summed E-state index contributed by atoms with van der Waals surface area (Å²) in [5.74, 6) is -1.04. The van der Waals surface area contributed by atoms with E-state index in [1.54, 1.807) is 0 Å². The standard InChI is InChI=1S/C17H29NO3/c1-2-18(15-12-21-11-14(15)16(19)20)13-5-9-17(10-6-13)7-3-4-8-17/h13-15H,2-12H2,1H3,(H,19,20). The Morgan fingerprint density at radius 1 is 1.19 bits per heavy atom. The minimum Gasteiger partial charge on any atom is -0.481 e. The molecule has 0 amide bonds. The highest BCUT2D eigenvalue weighted by atomic mass is 16.5. The monoisotopic (exact) mass is 295 g/mol. The molecule has 1 aliphatic heterocycles. The van der Waals surface area contributed by atoms with Crippen LogP contribution in [0.1, 0.15) is 58.3 Å². The van der Waals surface area contributed by atoms with E-state index in [4.69, 9.17) is 4.74 Å². The first-order chi connectivity index (χ1) is 10.2. The maximum Gasteiger partial charge on any atom is 0.310 e. The molecular weight excluding hydrogens is 266 g/mol. The number of carboxylic acids is 1. The Labute approximate surface area is 127 Å². The van der Waals surface area contributed by atoms with Gasteiger partial charge in [0.1, 0.15) is 0 Å². The smallest absolute Gasteiger partial charge is 0.310 e. The van der Waals surface area contributed by atoms with Gasteiger partial charge in [0.2, 0.25) is 0 Å². The fraction of sp³-hybridized carbons (Fsp3) is 0.941.